The van der Waals surface area contributed by atoms with Crippen LogP contribution in [0.4, 0.5) is 0 Å². The molecule has 6 rings (SSSR count). The lowest BCUT2D eigenvalue weighted by Crippen LogP contribution is -2.35. The summed E-state index contributed by atoms with van der Waals surface area (Å²) in [7, 11) is 0. The van der Waals surface area contributed by atoms with Gasteiger partial charge in [-0.3, -0.25) is 14.0 Å². The predicted octanol–water partition coefficient (Wildman–Crippen LogP) is 4.72. The first-order valence-electron chi connectivity index (χ1n) is 11.2. The van der Waals surface area contributed by atoms with E-state index in [4.69, 9.17) is 4.98 Å². The summed E-state index contributed by atoms with van der Waals surface area (Å²) in [6.07, 6.45) is 8.93. The van der Waals surface area contributed by atoms with Crippen molar-refractivity contribution in [3.05, 3.63) is 86.7 Å². The summed E-state index contributed by atoms with van der Waals surface area (Å²) in [5.74, 6) is -0.0703. The van der Waals surface area contributed by atoms with E-state index in [0.717, 1.165) is 42.3 Å². The minimum absolute atomic E-state index is 0.0519. The van der Waals surface area contributed by atoms with Gasteiger partial charge < -0.3 is 4.90 Å². The minimum atomic E-state index is -0.0703. The number of carbonyl (C=O) groups is 1. The SMILES string of the molecule is O=C(c1cccn2c(=O)c3c4c(sc3nc12)CCCC4)N1CC=C(c2ccccc2)CC1. The fourth-order valence-corrected chi connectivity index (χ4v) is 6.20. The van der Waals surface area contributed by atoms with Gasteiger partial charge in [-0.2, -0.15) is 0 Å². The lowest BCUT2D eigenvalue weighted by Gasteiger charge is -2.27. The van der Waals surface area contributed by atoms with Crippen molar-refractivity contribution in [1.29, 1.82) is 0 Å². The van der Waals surface area contributed by atoms with Gasteiger partial charge in [-0.25, -0.2) is 4.98 Å². The molecule has 0 atom stereocenters. The summed E-state index contributed by atoms with van der Waals surface area (Å²) < 4.78 is 1.56. The molecule has 0 radical (unpaired) electrons. The average molecular weight is 442 g/mol. The third kappa shape index (κ3) is 3.09. The lowest BCUT2D eigenvalue weighted by atomic mass is 9.97. The van der Waals surface area contributed by atoms with E-state index in [2.05, 4.69) is 18.2 Å². The molecule has 2 aliphatic rings. The lowest BCUT2D eigenvalue weighted by molar-refractivity contribution is 0.0774. The molecule has 1 amide bonds. The molecular weight excluding hydrogens is 418 g/mol. The summed E-state index contributed by atoms with van der Waals surface area (Å²) in [6.45, 7) is 1.21. The van der Waals surface area contributed by atoms with Gasteiger partial charge in [0.05, 0.1) is 10.9 Å². The van der Waals surface area contributed by atoms with Gasteiger partial charge in [0, 0.05) is 24.2 Å². The summed E-state index contributed by atoms with van der Waals surface area (Å²) in [5, 5.41) is 0.750. The average Bonchev–Trinajstić information content (AvgIpc) is 3.23. The van der Waals surface area contributed by atoms with Crippen LogP contribution in [-0.4, -0.2) is 33.3 Å². The first-order valence-corrected chi connectivity index (χ1v) is 12.0. The molecule has 0 unspecified atom stereocenters. The third-order valence-electron chi connectivity index (χ3n) is 6.63. The molecule has 0 saturated carbocycles. The van der Waals surface area contributed by atoms with Crippen molar-refractivity contribution in [2.45, 2.75) is 32.1 Å². The van der Waals surface area contributed by atoms with Gasteiger partial charge in [-0.05, 0) is 60.9 Å². The van der Waals surface area contributed by atoms with Crippen LogP contribution in [0.25, 0.3) is 21.4 Å². The van der Waals surface area contributed by atoms with Crippen molar-refractivity contribution < 1.29 is 4.79 Å². The molecule has 1 aromatic carbocycles. The molecule has 6 heteroatoms. The Morgan fingerprint density at radius 2 is 1.84 bits per heavy atom. The van der Waals surface area contributed by atoms with Crippen LogP contribution in [0.3, 0.4) is 0 Å². The fraction of sp³-hybridized carbons (Fsp3) is 0.269. The highest BCUT2D eigenvalue weighted by Gasteiger charge is 2.25. The third-order valence-corrected chi connectivity index (χ3v) is 7.82. The predicted molar refractivity (Wildman–Crippen MR) is 128 cm³/mol. The van der Waals surface area contributed by atoms with Gasteiger partial charge in [-0.15, -0.1) is 11.3 Å². The van der Waals surface area contributed by atoms with E-state index in [9.17, 15) is 9.59 Å². The number of thiophene rings is 1. The zero-order valence-corrected chi connectivity index (χ0v) is 18.5. The first kappa shape index (κ1) is 19.4. The molecule has 0 N–H and O–H groups in total. The Morgan fingerprint density at radius 1 is 1.00 bits per heavy atom. The summed E-state index contributed by atoms with van der Waals surface area (Å²) in [6, 6.07) is 13.9. The van der Waals surface area contributed by atoms with Crippen molar-refractivity contribution in [3.8, 4) is 0 Å². The van der Waals surface area contributed by atoms with Crippen LogP contribution in [0, 0.1) is 0 Å². The molecule has 0 fully saturated rings. The van der Waals surface area contributed by atoms with Crippen molar-refractivity contribution in [2.24, 2.45) is 0 Å². The van der Waals surface area contributed by atoms with Crippen LogP contribution in [0.2, 0.25) is 0 Å². The Hall–Kier alpha value is -3.25. The largest absolute Gasteiger partial charge is 0.334 e. The van der Waals surface area contributed by atoms with Gasteiger partial charge in [0.15, 0.2) is 5.65 Å². The zero-order chi connectivity index (χ0) is 21.7. The van der Waals surface area contributed by atoms with E-state index in [1.807, 2.05) is 23.1 Å². The monoisotopic (exact) mass is 441 g/mol. The van der Waals surface area contributed by atoms with Crippen LogP contribution in [-0.2, 0) is 12.8 Å². The van der Waals surface area contributed by atoms with Crippen LogP contribution in [0.15, 0.2) is 59.5 Å². The van der Waals surface area contributed by atoms with Crippen LogP contribution < -0.4 is 5.56 Å². The van der Waals surface area contributed by atoms with E-state index in [1.54, 1.807) is 34.1 Å². The van der Waals surface area contributed by atoms with Crippen molar-refractivity contribution in [3.63, 3.8) is 0 Å². The van der Waals surface area contributed by atoms with Gasteiger partial charge >= 0.3 is 0 Å². The van der Waals surface area contributed by atoms with Crippen molar-refractivity contribution >= 4 is 38.7 Å². The summed E-state index contributed by atoms with van der Waals surface area (Å²) >= 11 is 1.62. The second kappa shape index (κ2) is 7.71. The van der Waals surface area contributed by atoms with Crippen LogP contribution in [0.1, 0.15) is 45.6 Å². The maximum atomic E-state index is 13.4. The summed E-state index contributed by atoms with van der Waals surface area (Å²) in [4.78, 5) is 35.6. The second-order valence-electron chi connectivity index (χ2n) is 8.52. The van der Waals surface area contributed by atoms with E-state index in [0.29, 0.717) is 24.3 Å². The molecule has 160 valence electrons. The van der Waals surface area contributed by atoms with Gasteiger partial charge in [0.2, 0.25) is 0 Å². The molecule has 4 aromatic rings. The highest BCUT2D eigenvalue weighted by Crippen LogP contribution is 2.34. The standard InChI is InChI=1S/C26H23N3O2S/c30-25(28-15-12-18(13-16-28)17-7-2-1-3-8-17)20-10-6-14-29-23(20)27-24-22(26(29)31)19-9-4-5-11-21(19)32-24/h1-3,6-8,10,12,14H,4-5,9,11,13,15-16H2. The molecule has 1 aliphatic carbocycles. The van der Waals surface area contributed by atoms with Crippen LogP contribution >= 0.6 is 11.3 Å². The number of aromatic nitrogens is 2. The Kier molecular flexibility index (Phi) is 4.68. The second-order valence-corrected chi connectivity index (χ2v) is 9.60. The van der Waals surface area contributed by atoms with E-state index in [1.165, 1.54) is 21.6 Å². The first-order chi connectivity index (χ1) is 15.7. The number of carbonyl (C=O) groups excluding carboxylic acids is 1. The number of rotatable bonds is 2. The Morgan fingerprint density at radius 3 is 2.66 bits per heavy atom. The van der Waals surface area contributed by atoms with Gasteiger partial charge in [0.1, 0.15) is 4.83 Å². The number of pyridine rings is 1. The quantitative estimate of drug-likeness (QED) is 0.452. The topological polar surface area (TPSA) is 54.7 Å². The molecule has 5 nitrogen and oxygen atoms in total. The van der Waals surface area contributed by atoms with E-state index >= 15 is 0 Å². The zero-order valence-electron chi connectivity index (χ0n) is 17.7. The number of nitrogens with zero attached hydrogens (tertiary/aromatic N) is 3. The van der Waals surface area contributed by atoms with Crippen LogP contribution in [0.5, 0.6) is 0 Å². The van der Waals surface area contributed by atoms with Gasteiger partial charge in [0.25, 0.3) is 11.5 Å². The number of hydrogen-bond donors (Lipinski definition) is 0. The Balaban J connectivity index is 1.39. The number of hydrogen-bond acceptors (Lipinski definition) is 4. The van der Waals surface area contributed by atoms with Crippen molar-refractivity contribution in [1.82, 2.24) is 14.3 Å². The molecule has 3 aromatic heterocycles. The molecule has 4 heterocycles. The Bertz CT molecular complexity index is 1450. The van der Waals surface area contributed by atoms with Crippen molar-refractivity contribution in [2.75, 3.05) is 13.1 Å². The highest BCUT2D eigenvalue weighted by atomic mass is 32.1. The maximum absolute atomic E-state index is 13.4. The molecule has 0 bridgehead atoms. The minimum Gasteiger partial charge on any atom is -0.334 e. The maximum Gasteiger partial charge on any atom is 0.266 e. The summed E-state index contributed by atoms with van der Waals surface area (Å²) in [5.41, 5.74) is 4.56. The Labute approximate surface area is 189 Å². The van der Waals surface area contributed by atoms with Gasteiger partial charge in [-0.1, -0.05) is 36.4 Å². The van der Waals surface area contributed by atoms with E-state index < -0.39 is 0 Å². The molecule has 0 spiro atoms. The number of amides is 1. The number of aryl methyl sites for hydroxylation is 2. The molecular formula is C26H23N3O2S. The molecule has 1 aliphatic heterocycles. The number of benzene rings is 1. The highest BCUT2D eigenvalue weighted by molar-refractivity contribution is 7.18. The number of fused-ring (bicyclic) bond motifs is 4. The molecule has 0 saturated heterocycles. The smallest absolute Gasteiger partial charge is 0.266 e. The molecule has 32 heavy (non-hydrogen) atoms. The van der Waals surface area contributed by atoms with E-state index in [-0.39, 0.29) is 11.5 Å². The fourth-order valence-electron chi connectivity index (χ4n) is 4.95. The normalized spacial score (nSPS) is 16.2.